The molecule has 1 unspecified atom stereocenters. The molecule has 11 heavy (non-hydrogen) atoms. The van der Waals surface area contributed by atoms with Crippen molar-refractivity contribution in [3.63, 3.8) is 0 Å². The van der Waals surface area contributed by atoms with Gasteiger partial charge in [0.2, 0.25) is 11.8 Å². The van der Waals surface area contributed by atoms with Gasteiger partial charge in [-0.15, -0.1) is 10.2 Å². The molecule has 1 aromatic heterocycles. The fourth-order valence-electron chi connectivity index (χ4n) is 1.35. The molecular formula is C7H11N3O. The van der Waals surface area contributed by atoms with Crippen molar-refractivity contribution in [3.05, 3.63) is 11.8 Å². The van der Waals surface area contributed by atoms with Gasteiger partial charge in [0, 0.05) is 6.92 Å². The molecule has 0 bridgehead atoms. The third kappa shape index (κ3) is 1.26. The lowest BCUT2D eigenvalue weighted by atomic mass is 10.2. The summed E-state index contributed by atoms with van der Waals surface area (Å²) >= 11 is 0. The van der Waals surface area contributed by atoms with Gasteiger partial charge >= 0.3 is 0 Å². The Morgan fingerprint density at radius 3 is 3.00 bits per heavy atom. The molecule has 2 heterocycles. The lowest BCUT2D eigenvalue weighted by Crippen LogP contribution is -2.12. The van der Waals surface area contributed by atoms with E-state index in [1.807, 2.05) is 6.92 Å². The van der Waals surface area contributed by atoms with Gasteiger partial charge in [0.1, 0.15) is 0 Å². The van der Waals surface area contributed by atoms with E-state index in [0.29, 0.717) is 11.9 Å². The largest absolute Gasteiger partial charge is 0.424 e. The van der Waals surface area contributed by atoms with Gasteiger partial charge in [0.05, 0.1) is 6.04 Å². The smallest absolute Gasteiger partial charge is 0.233 e. The molecule has 60 valence electrons. The van der Waals surface area contributed by atoms with Gasteiger partial charge in [-0.25, -0.2) is 0 Å². The summed E-state index contributed by atoms with van der Waals surface area (Å²) in [5.74, 6) is 1.38. The number of hydrogen-bond acceptors (Lipinski definition) is 4. The van der Waals surface area contributed by atoms with Crippen LogP contribution in [0.4, 0.5) is 0 Å². The monoisotopic (exact) mass is 153 g/mol. The Bertz CT molecular complexity index is 240. The zero-order valence-electron chi connectivity index (χ0n) is 6.50. The van der Waals surface area contributed by atoms with E-state index < -0.39 is 0 Å². The molecule has 1 aliphatic rings. The van der Waals surface area contributed by atoms with Crippen molar-refractivity contribution in [2.75, 3.05) is 6.54 Å². The summed E-state index contributed by atoms with van der Waals surface area (Å²) < 4.78 is 5.28. The highest BCUT2D eigenvalue weighted by atomic mass is 16.4. The molecule has 0 amide bonds. The van der Waals surface area contributed by atoms with Crippen LogP contribution in [0.15, 0.2) is 4.42 Å². The van der Waals surface area contributed by atoms with Crippen molar-refractivity contribution in [2.24, 2.45) is 0 Å². The van der Waals surface area contributed by atoms with Crippen LogP contribution in [0.25, 0.3) is 0 Å². The van der Waals surface area contributed by atoms with Gasteiger partial charge in [0.15, 0.2) is 0 Å². The normalized spacial score (nSPS) is 24.3. The van der Waals surface area contributed by atoms with Gasteiger partial charge in [-0.05, 0) is 19.4 Å². The van der Waals surface area contributed by atoms with Crippen LogP contribution < -0.4 is 5.32 Å². The number of hydrogen-bond donors (Lipinski definition) is 1. The predicted octanol–water partition coefficient (Wildman–Crippen LogP) is 0.803. The average Bonchev–Trinajstić information content (AvgIpc) is 2.55. The maximum absolute atomic E-state index is 5.28. The first-order valence-electron chi connectivity index (χ1n) is 3.89. The molecule has 1 aromatic rings. The molecule has 1 atom stereocenters. The van der Waals surface area contributed by atoms with Crippen LogP contribution in [0.1, 0.15) is 30.7 Å². The van der Waals surface area contributed by atoms with E-state index in [4.69, 9.17) is 4.42 Å². The fraction of sp³-hybridized carbons (Fsp3) is 0.714. The van der Waals surface area contributed by atoms with Crippen LogP contribution >= 0.6 is 0 Å². The summed E-state index contributed by atoms with van der Waals surface area (Å²) in [5.41, 5.74) is 0. The van der Waals surface area contributed by atoms with Crippen LogP contribution in [-0.4, -0.2) is 16.7 Å². The number of aryl methyl sites for hydroxylation is 1. The maximum atomic E-state index is 5.28. The van der Waals surface area contributed by atoms with Crippen molar-refractivity contribution in [1.82, 2.24) is 15.5 Å². The summed E-state index contributed by atoms with van der Waals surface area (Å²) in [6, 6.07) is 0.302. The second-order valence-corrected chi connectivity index (χ2v) is 2.81. The molecule has 4 heteroatoms. The number of rotatable bonds is 1. The lowest BCUT2D eigenvalue weighted by molar-refractivity contribution is 0.413. The van der Waals surface area contributed by atoms with E-state index in [1.165, 1.54) is 6.42 Å². The third-order valence-electron chi connectivity index (χ3n) is 1.90. The second-order valence-electron chi connectivity index (χ2n) is 2.81. The van der Waals surface area contributed by atoms with Crippen molar-refractivity contribution in [2.45, 2.75) is 25.8 Å². The standard InChI is InChI=1S/C7H11N3O/c1-5-9-10-7(11-5)6-3-2-4-8-6/h6,8H,2-4H2,1H3. The quantitative estimate of drug-likeness (QED) is 0.648. The number of nitrogens with one attached hydrogen (secondary N) is 1. The van der Waals surface area contributed by atoms with Gasteiger partial charge in [0.25, 0.3) is 0 Å². The van der Waals surface area contributed by atoms with Crippen molar-refractivity contribution >= 4 is 0 Å². The molecule has 2 rings (SSSR count). The third-order valence-corrected chi connectivity index (χ3v) is 1.90. The summed E-state index contributed by atoms with van der Waals surface area (Å²) in [6.07, 6.45) is 2.31. The Balaban J connectivity index is 2.15. The highest BCUT2D eigenvalue weighted by Crippen LogP contribution is 2.20. The minimum atomic E-state index is 0.302. The fourth-order valence-corrected chi connectivity index (χ4v) is 1.35. The van der Waals surface area contributed by atoms with Gasteiger partial charge in [-0.2, -0.15) is 0 Å². The summed E-state index contributed by atoms with van der Waals surface area (Å²) in [6.45, 7) is 2.87. The molecule has 0 radical (unpaired) electrons. The van der Waals surface area contributed by atoms with Gasteiger partial charge < -0.3 is 9.73 Å². The Morgan fingerprint density at radius 1 is 1.55 bits per heavy atom. The molecule has 4 nitrogen and oxygen atoms in total. The van der Waals surface area contributed by atoms with Crippen molar-refractivity contribution in [3.8, 4) is 0 Å². The number of aromatic nitrogens is 2. The first-order valence-corrected chi connectivity index (χ1v) is 3.89. The van der Waals surface area contributed by atoms with Gasteiger partial charge in [-0.3, -0.25) is 0 Å². The molecule has 0 aliphatic carbocycles. The molecule has 0 saturated carbocycles. The van der Waals surface area contributed by atoms with E-state index in [2.05, 4.69) is 15.5 Å². The Morgan fingerprint density at radius 2 is 2.45 bits per heavy atom. The zero-order chi connectivity index (χ0) is 7.68. The van der Waals surface area contributed by atoms with E-state index >= 15 is 0 Å². The molecule has 0 aromatic carbocycles. The highest BCUT2D eigenvalue weighted by Gasteiger charge is 2.20. The Hall–Kier alpha value is -0.900. The molecule has 1 fully saturated rings. The van der Waals surface area contributed by atoms with Crippen molar-refractivity contribution in [1.29, 1.82) is 0 Å². The van der Waals surface area contributed by atoms with E-state index in [1.54, 1.807) is 0 Å². The molecule has 1 aliphatic heterocycles. The topological polar surface area (TPSA) is 51.0 Å². The molecule has 1 N–H and O–H groups in total. The highest BCUT2D eigenvalue weighted by molar-refractivity contribution is 4.91. The predicted molar refractivity (Wildman–Crippen MR) is 39.0 cm³/mol. The maximum Gasteiger partial charge on any atom is 0.233 e. The van der Waals surface area contributed by atoms with Crippen LogP contribution in [0.5, 0.6) is 0 Å². The van der Waals surface area contributed by atoms with E-state index in [-0.39, 0.29) is 0 Å². The van der Waals surface area contributed by atoms with Crippen LogP contribution in [0.3, 0.4) is 0 Å². The van der Waals surface area contributed by atoms with Crippen LogP contribution in [0, 0.1) is 6.92 Å². The first-order chi connectivity index (χ1) is 5.36. The lowest BCUT2D eigenvalue weighted by Gasteiger charge is -2.01. The summed E-state index contributed by atoms with van der Waals surface area (Å²) in [5, 5.41) is 11.0. The minimum Gasteiger partial charge on any atom is -0.424 e. The van der Waals surface area contributed by atoms with Gasteiger partial charge in [-0.1, -0.05) is 0 Å². The molecular weight excluding hydrogens is 142 g/mol. The van der Waals surface area contributed by atoms with E-state index in [9.17, 15) is 0 Å². The first kappa shape index (κ1) is 6.79. The number of nitrogens with zero attached hydrogens (tertiary/aromatic N) is 2. The minimum absolute atomic E-state index is 0.302. The second kappa shape index (κ2) is 2.62. The van der Waals surface area contributed by atoms with E-state index in [0.717, 1.165) is 18.9 Å². The Labute approximate surface area is 65.0 Å². The van der Waals surface area contributed by atoms with Crippen LogP contribution in [-0.2, 0) is 0 Å². The van der Waals surface area contributed by atoms with Crippen molar-refractivity contribution < 1.29 is 4.42 Å². The summed E-state index contributed by atoms with van der Waals surface area (Å²) in [7, 11) is 0. The molecule has 1 saturated heterocycles. The summed E-state index contributed by atoms with van der Waals surface area (Å²) in [4.78, 5) is 0. The Kier molecular flexibility index (Phi) is 1.62. The van der Waals surface area contributed by atoms with Crippen LogP contribution in [0.2, 0.25) is 0 Å². The molecule has 0 spiro atoms. The SMILES string of the molecule is Cc1nnc(C2CCCN2)o1. The average molecular weight is 153 g/mol. The zero-order valence-corrected chi connectivity index (χ0v) is 6.50.